The number of aliphatic imine (C=N–C) groups is 1. The van der Waals surface area contributed by atoms with E-state index in [9.17, 15) is 8.78 Å². The second-order valence-electron chi connectivity index (χ2n) is 5.84. The fraction of sp³-hybridized carbons (Fsp3) is 0.421. The molecule has 2 aromatic rings. The van der Waals surface area contributed by atoms with Crippen LogP contribution in [-0.2, 0) is 13.1 Å². The van der Waals surface area contributed by atoms with Gasteiger partial charge in [-0.2, -0.15) is 8.78 Å². The SMILES string of the molecule is CCNC(=NCc1cc(OC)ccc1OC(F)F)NCc1cc(C)oc1C. The lowest BCUT2D eigenvalue weighted by molar-refractivity contribution is -0.0504. The van der Waals surface area contributed by atoms with Gasteiger partial charge in [0, 0.05) is 24.2 Å². The molecule has 1 heterocycles. The second kappa shape index (κ2) is 9.80. The predicted octanol–water partition coefficient (Wildman–Crippen LogP) is 3.76. The molecule has 8 heteroatoms. The van der Waals surface area contributed by atoms with E-state index in [1.54, 1.807) is 12.1 Å². The number of ether oxygens (including phenoxy) is 2. The molecule has 27 heavy (non-hydrogen) atoms. The summed E-state index contributed by atoms with van der Waals surface area (Å²) in [6.07, 6.45) is 0. The van der Waals surface area contributed by atoms with Crippen molar-refractivity contribution in [2.24, 2.45) is 4.99 Å². The summed E-state index contributed by atoms with van der Waals surface area (Å²) in [5, 5.41) is 6.34. The molecular formula is C19H25F2N3O3. The van der Waals surface area contributed by atoms with Crippen LogP contribution in [0.2, 0.25) is 0 Å². The van der Waals surface area contributed by atoms with E-state index in [1.165, 1.54) is 13.2 Å². The molecule has 0 bridgehead atoms. The Hall–Kier alpha value is -2.77. The van der Waals surface area contributed by atoms with Crippen molar-refractivity contribution >= 4 is 5.96 Å². The highest BCUT2D eigenvalue weighted by Crippen LogP contribution is 2.26. The topological polar surface area (TPSA) is 68.0 Å². The molecule has 0 unspecified atom stereocenters. The van der Waals surface area contributed by atoms with Gasteiger partial charge in [0.05, 0.1) is 13.7 Å². The monoisotopic (exact) mass is 381 g/mol. The Bertz CT molecular complexity index is 776. The number of hydrogen-bond acceptors (Lipinski definition) is 4. The molecule has 0 spiro atoms. The second-order valence-corrected chi connectivity index (χ2v) is 5.84. The molecule has 0 radical (unpaired) electrons. The van der Waals surface area contributed by atoms with Crippen molar-refractivity contribution in [1.29, 1.82) is 0 Å². The summed E-state index contributed by atoms with van der Waals surface area (Å²) in [4.78, 5) is 4.46. The number of rotatable bonds is 8. The van der Waals surface area contributed by atoms with Crippen molar-refractivity contribution in [1.82, 2.24) is 10.6 Å². The van der Waals surface area contributed by atoms with Crippen LogP contribution in [0.1, 0.15) is 29.6 Å². The lowest BCUT2D eigenvalue weighted by Crippen LogP contribution is -2.36. The Morgan fingerprint density at radius 1 is 1.19 bits per heavy atom. The van der Waals surface area contributed by atoms with Crippen LogP contribution in [0.5, 0.6) is 11.5 Å². The minimum Gasteiger partial charge on any atom is -0.497 e. The molecule has 2 rings (SSSR count). The Kier molecular flexibility index (Phi) is 7.45. The van der Waals surface area contributed by atoms with Gasteiger partial charge in [-0.05, 0) is 45.0 Å². The molecule has 0 atom stereocenters. The van der Waals surface area contributed by atoms with Gasteiger partial charge in [-0.3, -0.25) is 0 Å². The molecule has 0 fully saturated rings. The number of nitrogens with zero attached hydrogens (tertiary/aromatic N) is 1. The average molecular weight is 381 g/mol. The standard InChI is InChI=1S/C19H25F2N3O3/c1-5-22-19(23-10-14-8-12(2)26-13(14)3)24-11-15-9-16(25-4)6-7-17(15)27-18(20)21/h6-9,18H,5,10-11H2,1-4H3,(H2,22,23,24). The van der Waals surface area contributed by atoms with E-state index in [1.807, 2.05) is 26.8 Å². The smallest absolute Gasteiger partial charge is 0.387 e. The molecule has 6 nitrogen and oxygen atoms in total. The third-order valence-corrected chi connectivity index (χ3v) is 3.83. The molecule has 0 aliphatic rings. The van der Waals surface area contributed by atoms with Gasteiger partial charge in [-0.25, -0.2) is 4.99 Å². The molecular weight excluding hydrogens is 356 g/mol. The average Bonchev–Trinajstić information content (AvgIpc) is 2.95. The lowest BCUT2D eigenvalue weighted by Gasteiger charge is -2.13. The number of methoxy groups -OCH3 is 1. The van der Waals surface area contributed by atoms with Crippen molar-refractivity contribution in [3.63, 3.8) is 0 Å². The fourth-order valence-electron chi connectivity index (χ4n) is 2.56. The first kappa shape index (κ1) is 20.5. The number of furan rings is 1. The summed E-state index contributed by atoms with van der Waals surface area (Å²) in [6, 6.07) is 6.61. The Morgan fingerprint density at radius 3 is 2.56 bits per heavy atom. The highest BCUT2D eigenvalue weighted by atomic mass is 19.3. The van der Waals surface area contributed by atoms with E-state index < -0.39 is 6.61 Å². The van der Waals surface area contributed by atoms with E-state index in [4.69, 9.17) is 9.15 Å². The molecule has 0 saturated heterocycles. The van der Waals surface area contributed by atoms with Gasteiger partial charge in [-0.1, -0.05) is 0 Å². The van der Waals surface area contributed by atoms with Gasteiger partial charge in [0.15, 0.2) is 5.96 Å². The van der Waals surface area contributed by atoms with Crippen LogP contribution in [0.25, 0.3) is 0 Å². The van der Waals surface area contributed by atoms with E-state index in [0.717, 1.165) is 17.1 Å². The van der Waals surface area contributed by atoms with Crippen LogP contribution in [0.3, 0.4) is 0 Å². The predicted molar refractivity (Wildman–Crippen MR) is 99.5 cm³/mol. The van der Waals surface area contributed by atoms with Crippen molar-refractivity contribution < 1.29 is 22.7 Å². The fourth-order valence-corrected chi connectivity index (χ4v) is 2.56. The molecule has 0 amide bonds. The number of aryl methyl sites for hydroxylation is 2. The zero-order chi connectivity index (χ0) is 19.8. The third-order valence-electron chi connectivity index (χ3n) is 3.83. The molecule has 148 valence electrons. The Labute approximate surface area is 157 Å². The van der Waals surface area contributed by atoms with Crippen LogP contribution in [0.15, 0.2) is 33.7 Å². The van der Waals surface area contributed by atoms with Gasteiger partial charge in [0.1, 0.15) is 23.0 Å². The number of benzene rings is 1. The van der Waals surface area contributed by atoms with Gasteiger partial charge in [-0.15, -0.1) is 0 Å². The van der Waals surface area contributed by atoms with Crippen molar-refractivity contribution in [2.45, 2.75) is 40.5 Å². The summed E-state index contributed by atoms with van der Waals surface area (Å²) in [7, 11) is 1.51. The number of halogens is 2. The summed E-state index contributed by atoms with van der Waals surface area (Å²) in [6.45, 7) is 4.18. The normalized spacial score (nSPS) is 11.6. The van der Waals surface area contributed by atoms with E-state index in [2.05, 4.69) is 20.4 Å². The van der Waals surface area contributed by atoms with Gasteiger partial charge in [0.2, 0.25) is 0 Å². The summed E-state index contributed by atoms with van der Waals surface area (Å²) >= 11 is 0. The van der Waals surface area contributed by atoms with E-state index in [-0.39, 0.29) is 12.3 Å². The maximum absolute atomic E-state index is 12.6. The van der Waals surface area contributed by atoms with E-state index in [0.29, 0.717) is 30.4 Å². The van der Waals surface area contributed by atoms with E-state index >= 15 is 0 Å². The molecule has 0 saturated carbocycles. The number of alkyl halides is 2. The third kappa shape index (κ3) is 6.16. The molecule has 1 aromatic carbocycles. The number of hydrogen-bond donors (Lipinski definition) is 2. The molecule has 0 aliphatic carbocycles. The summed E-state index contributed by atoms with van der Waals surface area (Å²) < 4.78 is 40.5. The number of guanidine groups is 1. The lowest BCUT2D eigenvalue weighted by atomic mass is 10.2. The molecule has 2 N–H and O–H groups in total. The zero-order valence-electron chi connectivity index (χ0n) is 15.9. The minimum absolute atomic E-state index is 0.0757. The largest absolute Gasteiger partial charge is 0.497 e. The quantitative estimate of drug-likeness (QED) is 0.538. The molecule has 0 aliphatic heterocycles. The first-order valence-corrected chi connectivity index (χ1v) is 8.62. The maximum Gasteiger partial charge on any atom is 0.387 e. The van der Waals surface area contributed by atoms with Gasteiger partial charge >= 0.3 is 6.61 Å². The van der Waals surface area contributed by atoms with Crippen LogP contribution in [-0.4, -0.2) is 26.2 Å². The van der Waals surface area contributed by atoms with Crippen LogP contribution in [0, 0.1) is 13.8 Å². The highest BCUT2D eigenvalue weighted by molar-refractivity contribution is 5.79. The van der Waals surface area contributed by atoms with Gasteiger partial charge < -0.3 is 24.5 Å². The van der Waals surface area contributed by atoms with Crippen LogP contribution in [0.4, 0.5) is 8.78 Å². The zero-order valence-corrected chi connectivity index (χ0v) is 15.9. The van der Waals surface area contributed by atoms with Gasteiger partial charge in [0.25, 0.3) is 0 Å². The highest BCUT2D eigenvalue weighted by Gasteiger charge is 2.11. The van der Waals surface area contributed by atoms with Crippen LogP contribution < -0.4 is 20.1 Å². The Balaban J connectivity index is 2.14. The maximum atomic E-state index is 12.6. The summed E-state index contributed by atoms with van der Waals surface area (Å²) in [5.41, 5.74) is 1.53. The van der Waals surface area contributed by atoms with Crippen molar-refractivity contribution in [3.8, 4) is 11.5 Å². The van der Waals surface area contributed by atoms with Crippen molar-refractivity contribution in [2.75, 3.05) is 13.7 Å². The number of nitrogens with one attached hydrogen (secondary N) is 2. The van der Waals surface area contributed by atoms with Crippen molar-refractivity contribution in [3.05, 3.63) is 46.9 Å². The van der Waals surface area contributed by atoms with Crippen LogP contribution >= 0.6 is 0 Å². The minimum atomic E-state index is -2.90. The Morgan fingerprint density at radius 2 is 1.96 bits per heavy atom. The summed E-state index contributed by atoms with van der Waals surface area (Å²) in [5.74, 6) is 2.87. The first-order valence-electron chi connectivity index (χ1n) is 8.62. The molecule has 1 aromatic heterocycles. The first-order chi connectivity index (χ1) is 12.9.